The van der Waals surface area contributed by atoms with Crippen LogP contribution in [0.1, 0.15) is 22.3 Å². The summed E-state index contributed by atoms with van der Waals surface area (Å²) in [5.74, 6) is 0.209. The van der Waals surface area contributed by atoms with Crippen molar-refractivity contribution in [3.8, 4) is 0 Å². The zero-order chi connectivity index (χ0) is 23.9. The van der Waals surface area contributed by atoms with Gasteiger partial charge in [0, 0.05) is 12.4 Å². The number of hydrogen-bond acceptors (Lipinski definition) is 4. The maximum absolute atomic E-state index is 12.7. The van der Waals surface area contributed by atoms with Crippen molar-refractivity contribution in [3.63, 3.8) is 0 Å². The lowest BCUT2D eigenvalue weighted by Gasteiger charge is -2.06. The van der Waals surface area contributed by atoms with E-state index in [1.54, 1.807) is 18.2 Å². The van der Waals surface area contributed by atoms with Gasteiger partial charge in [0.15, 0.2) is 0 Å². The average Bonchev–Trinajstić information content (AvgIpc) is 2.78. The van der Waals surface area contributed by atoms with Crippen molar-refractivity contribution in [2.45, 2.75) is 12.4 Å². The third kappa shape index (κ3) is 7.30. The second kappa shape index (κ2) is 10.1. The van der Waals surface area contributed by atoms with Gasteiger partial charge in [-0.05, 0) is 53.6 Å². The topological polar surface area (TPSA) is 50.2 Å². The molecule has 0 bridgehead atoms. The Morgan fingerprint density at radius 3 is 1.52 bits per heavy atom. The van der Waals surface area contributed by atoms with Crippen LogP contribution < -0.4 is 5.43 Å². The van der Waals surface area contributed by atoms with E-state index in [4.69, 9.17) is 0 Å². The second-order valence-electron chi connectivity index (χ2n) is 6.63. The van der Waals surface area contributed by atoms with Crippen LogP contribution in [0.25, 0.3) is 12.2 Å². The molecule has 0 amide bonds. The lowest BCUT2D eigenvalue weighted by atomic mass is 10.1. The van der Waals surface area contributed by atoms with Gasteiger partial charge < -0.3 is 0 Å². The first kappa shape index (κ1) is 23.7. The van der Waals surface area contributed by atoms with E-state index in [0.29, 0.717) is 16.8 Å². The van der Waals surface area contributed by atoms with E-state index in [0.717, 1.165) is 24.3 Å². The number of nitrogens with one attached hydrogen (secondary N) is 1. The van der Waals surface area contributed by atoms with Crippen LogP contribution in [0.4, 0.5) is 32.3 Å². The lowest BCUT2D eigenvalue weighted by Crippen LogP contribution is -2.04. The smallest absolute Gasteiger partial charge is 0.245 e. The number of hydrazone groups is 1. The molecule has 4 nitrogen and oxygen atoms in total. The zero-order valence-electron chi connectivity index (χ0n) is 16.8. The lowest BCUT2D eigenvalue weighted by molar-refractivity contribution is -0.138. The van der Waals surface area contributed by atoms with Crippen LogP contribution in [0.5, 0.6) is 0 Å². The summed E-state index contributed by atoms with van der Waals surface area (Å²) in [6.07, 6.45) is 0.282. The molecule has 0 aliphatic heterocycles. The van der Waals surface area contributed by atoms with E-state index in [-0.39, 0.29) is 5.95 Å². The molecule has 0 fully saturated rings. The number of allylic oxidation sites excluding steroid dienone is 2. The Balaban J connectivity index is 1.81. The van der Waals surface area contributed by atoms with E-state index >= 15 is 0 Å². The Morgan fingerprint density at radius 1 is 0.697 bits per heavy atom. The third-order valence-electron chi connectivity index (χ3n) is 4.22. The summed E-state index contributed by atoms with van der Waals surface area (Å²) in [4.78, 5) is 7.92. The maximum atomic E-state index is 12.7. The molecule has 170 valence electrons. The Bertz CT molecular complexity index is 1060. The van der Waals surface area contributed by atoms with Crippen molar-refractivity contribution in [3.05, 3.63) is 101 Å². The van der Waals surface area contributed by atoms with Gasteiger partial charge in [0.25, 0.3) is 0 Å². The summed E-state index contributed by atoms with van der Waals surface area (Å²) >= 11 is 0. The van der Waals surface area contributed by atoms with Crippen molar-refractivity contribution in [1.29, 1.82) is 0 Å². The summed E-state index contributed by atoms with van der Waals surface area (Å²) in [7, 11) is 0. The van der Waals surface area contributed by atoms with Gasteiger partial charge in [0.1, 0.15) is 0 Å². The second-order valence-corrected chi connectivity index (χ2v) is 6.63. The molecule has 0 unspecified atom stereocenters. The fourth-order valence-corrected chi connectivity index (χ4v) is 2.53. The molecule has 0 saturated heterocycles. The van der Waals surface area contributed by atoms with Crippen LogP contribution in [0.15, 0.2) is 84.2 Å². The first-order chi connectivity index (χ1) is 15.6. The van der Waals surface area contributed by atoms with Gasteiger partial charge in [-0.15, -0.1) is 0 Å². The summed E-state index contributed by atoms with van der Waals surface area (Å²) in [6.45, 7) is 0. The molecule has 3 rings (SSSR count). The summed E-state index contributed by atoms with van der Waals surface area (Å²) in [6, 6.07) is 10.7. The molecule has 0 saturated carbocycles. The van der Waals surface area contributed by atoms with E-state index in [2.05, 4.69) is 20.5 Å². The molecular weight excluding hydrogens is 446 g/mol. The van der Waals surface area contributed by atoms with E-state index in [1.165, 1.54) is 48.8 Å². The van der Waals surface area contributed by atoms with Gasteiger partial charge in [-0.1, -0.05) is 36.4 Å². The average molecular weight is 462 g/mol. The summed E-state index contributed by atoms with van der Waals surface area (Å²) in [5, 5.41) is 4.15. The first-order valence-corrected chi connectivity index (χ1v) is 9.43. The minimum Gasteiger partial charge on any atom is -0.245 e. The number of halogens is 6. The molecule has 1 aromatic heterocycles. The SMILES string of the molecule is FC(F)(F)c1ccc(C=CC(C=Cc2ccc(C(F)(F)F)cc2)=NNc2ncccn2)cc1. The fraction of sp³-hybridized carbons (Fsp3) is 0.0870. The molecule has 33 heavy (non-hydrogen) atoms. The van der Waals surface area contributed by atoms with Gasteiger partial charge in [0.2, 0.25) is 5.95 Å². The number of nitrogens with zero attached hydrogens (tertiary/aromatic N) is 3. The molecule has 2 aromatic carbocycles. The van der Waals surface area contributed by atoms with Gasteiger partial charge >= 0.3 is 12.4 Å². The number of anilines is 1. The molecule has 0 aliphatic rings. The fourth-order valence-electron chi connectivity index (χ4n) is 2.53. The van der Waals surface area contributed by atoms with Crippen molar-refractivity contribution >= 4 is 23.8 Å². The molecule has 1 heterocycles. The zero-order valence-corrected chi connectivity index (χ0v) is 16.8. The molecule has 0 spiro atoms. The van der Waals surface area contributed by atoms with Gasteiger partial charge in [0.05, 0.1) is 16.8 Å². The van der Waals surface area contributed by atoms with Crippen molar-refractivity contribution in [2.24, 2.45) is 5.10 Å². The van der Waals surface area contributed by atoms with Crippen molar-refractivity contribution in [2.75, 3.05) is 5.43 Å². The Morgan fingerprint density at radius 2 is 1.12 bits per heavy atom. The third-order valence-corrected chi connectivity index (χ3v) is 4.22. The summed E-state index contributed by atoms with van der Waals surface area (Å²) < 4.78 is 76.3. The maximum Gasteiger partial charge on any atom is 0.416 e. The minimum absolute atomic E-state index is 0.209. The monoisotopic (exact) mass is 462 g/mol. The van der Waals surface area contributed by atoms with Crippen molar-refractivity contribution < 1.29 is 26.3 Å². The number of rotatable bonds is 6. The Hall–Kier alpha value is -3.95. The molecule has 3 aromatic rings. The normalized spacial score (nSPS) is 12.3. The quantitative estimate of drug-likeness (QED) is 0.252. The molecule has 0 radical (unpaired) electrons. The minimum atomic E-state index is -4.43. The van der Waals surface area contributed by atoms with Crippen LogP contribution in [0.2, 0.25) is 0 Å². The van der Waals surface area contributed by atoms with Crippen LogP contribution in [-0.2, 0) is 12.4 Å². The van der Waals surface area contributed by atoms with Crippen LogP contribution in [-0.4, -0.2) is 15.7 Å². The highest BCUT2D eigenvalue weighted by Crippen LogP contribution is 2.30. The number of benzene rings is 2. The molecular formula is C23H16F6N4. The summed E-state index contributed by atoms with van der Waals surface area (Å²) in [5.41, 5.74) is 2.42. The standard InChI is InChI=1S/C23H16F6N4/c24-22(25,26)18-8-2-16(3-9-18)6-12-20(32-33-21-30-14-1-15-31-21)13-7-17-4-10-19(11-5-17)23(27,28)29/h1-15H,(H,30,31,33). The van der Waals surface area contributed by atoms with E-state index < -0.39 is 23.5 Å². The highest BCUT2D eigenvalue weighted by molar-refractivity contribution is 6.08. The predicted molar refractivity (Wildman–Crippen MR) is 114 cm³/mol. The highest BCUT2D eigenvalue weighted by atomic mass is 19.4. The largest absolute Gasteiger partial charge is 0.416 e. The van der Waals surface area contributed by atoms with Crippen molar-refractivity contribution in [1.82, 2.24) is 9.97 Å². The van der Waals surface area contributed by atoms with Crippen LogP contribution >= 0.6 is 0 Å². The first-order valence-electron chi connectivity index (χ1n) is 9.43. The number of hydrogen-bond donors (Lipinski definition) is 1. The van der Waals surface area contributed by atoms with E-state index in [9.17, 15) is 26.3 Å². The van der Waals surface area contributed by atoms with Crippen LogP contribution in [0.3, 0.4) is 0 Å². The Labute approximate surface area is 185 Å². The molecule has 10 heteroatoms. The van der Waals surface area contributed by atoms with E-state index in [1.807, 2.05) is 0 Å². The predicted octanol–water partition coefficient (Wildman–Crippen LogP) is 6.71. The van der Waals surface area contributed by atoms with Gasteiger partial charge in [-0.25, -0.2) is 15.4 Å². The van der Waals surface area contributed by atoms with Gasteiger partial charge in [-0.2, -0.15) is 31.4 Å². The highest BCUT2D eigenvalue weighted by Gasteiger charge is 2.30. The number of alkyl halides is 6. The molecule has 0 atom stereocenters. The van der Waals surface area contributed by atoms with Gasteiger partial charge in [-0.3, -0.25) is 0 Å². The molecule has 1 N–H and O–H groups in total. The van der Waals surface area contributed by atoms with Crippen LogP contribution in [0, 0.1) is 0 Å². The number of aromatic nitrogens is 2. The molecule has 0 aliphatic carbocycles. The Kier molecular flexibility index (Phi) is 7.27.